The van der Waals surface area contributed by atoms with E-state index in [4.69, 9.17) is 5.73 Å². The molecule has 100 valence electrons. The van der Waals surface area contributed by atoms with Crippen LogP contribution in [0.4, 0.5) is 5.69 Å². The van der Waals surface area contributed by atoms with Crippen molar-refractivity contribution in [1.29, 1.82) is 0 Å². The van der Waals surface area contributed by atoms with Crippen molar-refractivity contribution in [2.45, 2.75) is 31.4 Å². The van der Waals surface area contributed by atoms with Crippen LogP contribution in [-0.4, -0.2) is 26.8 Å². The van der Waals surface area contributed by atoms with Crippen molar-refractivity contribution in [3.8, 4) is 0 Å². The van der Waals surface area contributed by atoms with Gasteiger partial charge in [0.2, 0.25) is 10.0 Å². The molecule has 4 nitrogen and oxygen atoms in total. The number of hydrogen-bond donors (Lipinski definition) is 1. The molecule has 0 bridgehead atoms. The fourth-order valence-electron chi connectivity index (χ4n) is 2.42. The zero-order valence-electron chi connectivity index (χ0n) is 10.8. The Morgan fingerprint density at radius 1 is 1.39 bits per heavy atom. The Morgan fingerprint density at radius 3 is 2.61 bits per heavy atom. The number of anilines is 1. The van der Waals surface area contributed by atoms with Crippen LogP contribution in [0.3, 0.4) is 0 Å². The quantitative estimate of drug-likeness (QED) is 0.907. The van der Waals surface area contributed by atoms with Crippen LogP contribution in [0.5, 0.6) is 0 Å². The predicted molar refractivity (Wildman–Crippen MR) is 74.3 cm³/mol. The molecular formula is C13H20N2O2S. The summed E-state index contributed by atoms with van der Waals surface area (Å²) in [6, 6.07) is 7.70. The number of benzene rings is 1. The zero-order valence-corrected chi connectivity index (χ0v) is 11.7. The summed E-state index contributed by atoms with van der Waals surface area (Å²) in [5, 5.41) is -0.433. The van der Waals surface area contributed by atoms with Gasteiger partial charge in [-0.25, -0.2) is 8.42 Å². The minimum Gasteiger partial charge on any atom is -0.329 e. The molecule has 0 amide bonds. The highest BCUT2D eigenvalue weighted by molar-refractivity contribution is 7.93. The Hall–Kier alpha value is -1.07. The molecule has 1 aromatic rings. The predicted octanol–water partition coefficient (Wildman–Crippen LogP) is 1.68. The second-order valence-electron chi connectivity index (χ2n) is 4.98. The first-order chi connectivity index (χ1) is 8.48. The number of sulfonamides is 1. The molecule has 0 aromatic heterocycles. The van der Waals surface area contributed by atoms with Gasteiger partial charge in [0, 0.05) is 13.1 Å². The van der Waals surface area contributed by atoms with Gasteiger partial charge in [-0.2, -0.15) is 0 Å². The lowest BCUT2D eigenvalue weighted by molar-refractivity contribution is 0.588. The number of rotatable bonds is 3. The minimum atomic E-state index is -3.28. The summed E-state index contributed by atoms with van der Waals surface area (Å²) in [6.07, 6.45) is 0.616. The summed E-state index contributed by atoms with van der Waals surface area (Å²) in [4.78, 5) is 0. The minimum absolute atomic E-state index is 0.197. The van der Waals surface area contributed by atoms with E-state index in [-0.39, 0.29) is 6.54 Å². The molecule has 1 atom stereocenters. The number of nitrogens with zero attached hydrogens (tertiary/aromatic N) is 1. The van der Waals surface area contributed by atoms with Crippen molar-refractivity contribution in [1.82, 2.24) is 0 Å². The highest BCUT2D eigenvalue weighted by Crippen LogP contribution is 2.33. The summed E-state index contributed by atoms with van der Waals surface area (Å²) in [6.45, 7) is 4.88. The fraction of sp³-hybridized carbons (Fsp3) is 0.538. The average molecular weight is 268 g/mol. The second kappa shape index (κ2) is 4.90. The van der Waals surface area contributed by atoms with E-state index in [0.29, 0.717) is 18.9 Å². The van der Waals surface area contributed by atoms with Crippen LogP contribution in [0.2, 0.25) is 0 Å². The first-order valence-corrected chi connectivity index (χ1v) is 7.79. The zero-order chi connectivity index (χ0) is 13.3. The summed E-state index contributed by atoms with van der Waals surface area (Å²) >= 11 is 0. The lowest BCUT2D eigenvalue weighted by atomic mass is 10.0. The largest absolute Gasteiger partial charge is 0.329 e. The molecule has 1 aliphatic rings. The molecule has 0 unspecified atom stereocenters. The van der Waals surface area contributed by atoms with Gasteiger partial charge in [-0.05, 0) is 24.0 Å². The van der Waals surface area contributed by atoms with Crippen LogP contribution in [0.15, 0.2) is 24.3 Å². The third-order valence-corrected chi connectivity index (χ3v) is 5.74. The van der Waals surface area contributed by atoms with E-state index in [9.17, 15) is 8.42 Å². The van der Waals surface area contributed by atoms with E-state index in [0.717, 1.165) is 11.3 Å². The normalized spacial score (nSPS) is 22.7. The lowest BCUT2D eigenvalue weighted by Gasteiger charge is -2.23. The van der Waals surface area contributed by atoms with E-state index in [1.165, 1.54) is 4.31 Å². The molecule has 1 fully saturated rings. The van der Waals surface area contributed by atoms with E-state index < -0.39 is 15.3 Å². The molecule has 0 aliphatic carbocycles. The third-order valence-electron chi connectivity index (χ3n) is 3.47. The standard InChI is InChI=1S/C13H20N2O2S/c1-10(2)12-5-3-4-6-13(12)15-8-7-11(9-14)18(15,16)17/h3-6,10-11H,7-9,14H2,1-2H3/t11-/m1/s1. The Labute approximate surface area is 109 Å². The Bertz CT molecular complexity index is 526. The molecule has 5 heteroatoms. The van der Waals surface area contributed by atoms with Crippen LogP contribution >= 0.6 is 0 Å². The fourth-order valence-corrected chi connectivity index (χ4v) is 4.22. The maximum absolute atomic E-state index is 12.3. The highest BCUT2D eigenvalue weighted by Gasteiger charge is 2.38. The molecule has 1 aromatic carbocycles. The monoisotopic (exact) mass is 268 g/mol. The van der Waals surface area contributed by atoms with Gasteiger partial charge in [0.1, 0.15) is 0 Å². The van der Waals surface area contributed by atoms with Gasteiger partial charge in [0.05, 0.1) is 10.9 Å². The topological polar surface area (TPSA) is 63.4 Å². The van der Waals surface area contributed by atoms with Crippen LogP contribution in [0, 0.1) is 0 Å². The van der Waals surface area contributed by atoms with Gasteiger partial charge < -0.3 is 5.73 Å². The maximum Gasteiger partial charge on any atom is 0.239 e. The highest BCUT2D eigenvalue weighted by atomic mass is 32.2. The van der Waals surface area contributed by atoms with Gasteiger partial charge in [-0.15, -0.1) is 0 Å². The molecular weight excluding hydrogens is 248 g/mol. The van der Waals surface area contributed by atoms with Gasteiger partial charge in [0.15, 0.2) is 0 Å². The summed E-state index contributed by atoms with van der Waals surface area (Å²) in [7, 11) is -3.28. The van der Waals surface area contributed by atoms with E-state index in [2.05, 4.69) is 13.8 Å². The molecule has 2 rings (SSSR count). The average Bonchev–Trinajstić information content (AvgIpc) is 2.63. The van der Waals surface area contributed by atoms with Gasteiger partial charge in [-0.1, -0.05) is 32.0 Å². The van der Waals surface area contributed by atoms with Crippen molar-refractivity contribution < 1.29 is 8.42 Å². The first-order valence-electron chi connectivity index (χ1n) is 6.29. The lowest BCUT2D eigenvalue weighted by Crippen LogP contribution is -2.33. The van der Waals surface area contributed by atoms with Crippen LogP contribution < -0.4 is 10.0 Å². The summed E-state index contributed by atoms with van der Waals surface area (Å²) in [5.41, 5.74) is 7.42. The van der Waals surface area contributed by atoms with Gasteiger partial charge in [-0.3, -0.25) is 4.31 Å². The van der Waals surface area contributed by atoms with Crippen LogP contribution in [0.1, 0.15) is 31.7 Å². The van der Waals surface area contributed by atoms with Gasteiger partial charge >= 0.3 is 0 Å². The Balaban J connectivity index is 2.45. The molecule has 0 spiro atoms. The summed E-state index contributed by atoms with van der Waals surface area (Å²) < 4.78 is 26.2. The van der Waals surface area contributed by atoms with Crippen molar-refractivity contribution in [2.75, 3.05) is 17.4 Å². The first kappa shape index (κ1) is 13.4. The van der Waals surface area contributed by atoms with Crippen molar-refractivity contribution in [3.63, 3.8) is 0 Å². The van der Waals surface area contributed by atoms with E-state index >= 15 is 0 Å². The molecule has 18 heavy (non-hydrogen) atoms. The molecule has 1 aliphatic heterocycles. The summed E-state index contributed by atoms with van der Waals surface area (Å²) in [5.74, 6) is 0.299. The van der Waals surface area contributed by atoms with Crippen molar-refractivity contribution in [3.05, 3.63) is 29.8 Å². The van der Waals surface area contributed by atoms with Gasteiger partial charge in [0.25, 0.3) is 0 Å². The number of hydrogen-bond acceptors (Lipinski definition) is 3. The van der Waals surface area contributed by atoms with Crippen molar-refractivity contribution in [2.24, 2.45) is 5.73 Å². The smallest absolute Gasteiger partial charge is 0.239 e. The number of nitrogens with two attached hydrogens (primary N) is 1. The Kier molecular flexibility index (Phi) is 3.64. The third kappa shape index (κ3) is 2.12. The van der Waals surface area contributed by atoms with Crippen molar-refractivity contribution >= 4 is 15.7 Å². The molecule has 0 radical (unpaired) electrons. The molecule has 1 saturated heterocycles. The maximum atomic E-state index is 12.3. The van der Waals surface area contributed by atoms with Crippen LogP contribution in [-0.2, 0) is 10.0 Å². The second-order valence-corrected chi connectivity index (χ2v) is 7.11. The SMILES string of the molecule is CC(C)c1ccccc1N1CC[C@H](CN)S1(=O)=O. The van der Waals surface area contributed by atoms with E-state index in [1.54, 1.807) is 0 Å². The van der Waals surface area contributed by atoms with Crippen LogP contribution in [0.25, 0.3) is 0 Å². The Morgan fingerprint density at radius 2 is 2.06 bits per heavy atom. The van der Waals surface area contributed by atoms with E-state index in [1.807, 2.05) is 24.3 Å². The molecule has 2 N–H and O–H groups in total. The molecule has 0 saturated carbocycles. The molecule has 1 heterocycles. The number of para-hydroxylation sites is 1.